The van der Waals surface area contributed by atoms with Crippen molar-refractivity contribution in [2.24, 2.45) is 0 Å². The number of aromatic amines is 1. The maximum atomic E-state index is 4.20. The average Bonchev–Trinajstić information content (AvgIpc) is 2.73. The molecule has 0 saturated carbocycles. The number of hydrogen-bond acceptors (Lipinski definition) is 2. The number of imidazole rings is 1. The highest BCUT2D eigenvalue weighted by atomic mass is 14.9. The molecule has 0 aliphatic carbocycles. The minimum absolute atomic E-state index is 1.02. The molecule has 1 aromatic heterocycles. The Morgan fingerprint density at radius 3 is 2.59 bits per heavy atom. The van der Waals surface area contributed by atoms with E-state index in [0.29, 0.717) is 0 Å². The van der Waals surface area contributed by atoms with E-state index in [1.54, 1.807) is 0 Å². The Bertz CT molecular complexity index is 281. The third-order valence-electron chi connectivity index (χ3n) is 3.01. The first-order chi connectivity index (χ1) is 8.33. The van der Waals surface area contributed by atoms with Crippen molar-refractivity contribution in [1.82, 2.24) is 15.3 Å². The Morgan fingerprint density at radius 1 is 1.12 bits per heavy atom. The first-order valence-electron chi connectivity index (χ1n) is 7.04. The van der Waals surface area contributed by atoms with Crippen molar-refractivity contribution in [2.45, 2.75) is 58.8 Å². The number of rotatable bonds is 10. The zero-order valence-corrected chi connectivity index (χ0v) is 11.4. The van der Waals surface area contributed by atoms with Crippen molar-refractivity contribution >= 4 is 0 Å². The second-order valence-corrected chi connectivity index (χ2v) is 4.76. The topological polar surface area (TPSA) is 40.7 Å². The van der Waals surface area contributed by atoms with E-state index in [0.717, 1.165) is 18.8 Å². The molecular weight excluding hydrogens is 210 g/mol. The van der Waals surface area contributed by atoms with Gasteiger partial charge < -0.3 is 10.3 Å². The van der Waals surface area contributed by atoms with E-state index in [4.69, 9.17) is 0 Å². The molecule has 17 heavy (non-hydrogen) atoms. The largest absolute Gasteiger partial charge is 0.346 e. The Kier molecular flexibility index (Phi) is 7.72. The van der Waals surface area contributed by atoms with Gasteiger partial charge in [0.05, 0.1) is 0 Å². The van der Waals surface area contributed by atoms with Gasteiger partial charge in [-0.1, -0.05) is 32.6 Å². The molecule has 0 radical (unpaired) electrons. The highest BCUT2D eigenvalue weighted by Gasteiger charge is 1.96. The van der Waals surface area contributed by atoms with Gasteiger partial charge in [-0.15, -0.1) is 0 Å². The van der Waals surface area contributed by atoms with E-state index >= 15 is 0 Å². The van der Waals surface area contributed by atoms with Gasteiger partial charge in [0, 0.05) is 11.9 Å². The molecule has 0 unspecified atom stereocenters. The Morgan fingerprint density at radius 2 is 1.88 bits per heavy atom. The summed E-state index contributed by atoms with van der Waals surface area (Å²) in [6.07, 6.45) is 11.0. The van der Waals surface area contributed by atoms with Gasteiger partial charge in [0.15, 0.2) is 0 Å². The molecule has 1 aromatic rings. The summed E-state index contributed by atoms with van der Waals surface area (Å²) in [6, 6.07) is 0. The van der Waals surface area contributed by atoms with Crippen molar-refractivity contribution < 1.29 is 0 Å². The summed E-state index contributed by atoms with van der Waals surface area (Å²) < 4.78 is 0. The van der Waals surface area contributed by atoms with Crippen LogP contribution in [0.1, 0.15) is 57.0 Å². The number of H-pyrrole nitrogens is 1. The van der Waals surface area contributed by atoms with E-state index in [9.17, 15) is 0 Å². The van der Waals surface area contributed by atoms with Crippen LogP contribution in [0.4, 0.5) is 0 Å². The normalized spacial score (nSPS) is 10.9. The standard InChI is InChI=1S/C14H27N3/c1-3-4-5-6-7-10-15-11-8-9-14-12-16-13(2)17-14/h12,15H,3-11H2,1-2H3,(H,16,17). The number of unbranched alkanes of at least 4 members (excludes halogenated alkanes) is 4. The molecule has 98 valence electrons. The monoisotopic (exact) mass is 237 g/mol. The third-order valence-corrected chi connectivity index (χ3v) is 3.01. The van der Waals surface area contributed by atoms with Crippen molar-refractivity contribution in [3.05, 3.63) is 17.7 Å². The summed E-state index contributed by atoms with van der Waals surface area (Å²) in [4.78, 5) is 7.46. The molecule has 0 fully saturated rings. The average molecular weight is 237 g/mol. The van der Waals surface area contributed by atoms with Crippen LogP contribution in [0, 0.1) is 6.92 Å². The zero-order chi connectivity index (χ0) is 12.3. The van der Waals surface area contributed by atoms with E-state index in [1.807, 2.05) is 13.1 Å². The first kappa shape index (κ1) is 14.2. The van der Waals surface area contributed by atoms with E-state index < -0.39 is 0 Å². The summed E-state index contributed by atoms with van der Waals surface area (Å²) in [5, 5.41) is 3.51. The van der Waals surface area contributed by atoms with Crippen molar-refractivity contribution in [2.75, 3.05) is 13.1 Å². The van der Waals surface area contributed by atoms with Crippen LogP contribution in [-0.4, -0.2) is 23.1 Å². The van der Waals surface area contributed by atoms with Crippen LogP contribution in [-0.2, 0) is 6.42 Å². The van der Waals surface area contributed by atoms with Gasteiger partial charge >= 0.3 is 0 Å². The molecule has 3 nitrogen and oxygen atoms in total. The second kappa shape index (κ2) is 9.23. The molecule has 1 rings (SSSR count). The van der Waals surface area contributed by atoms with Gasteiger partial charge in [-0.2, -0.15) is 0 Å². The predicted octanol–water partition coefficient (Wildman–Crippen LogP) is 3.21. The van der Waals surface area contributed by atoms with Crippen LogP contribution in [0.25, 0.3) is 0 Å². The molecule has 0 amide bonds. The molecule has 0 aromatic carbocycles. The smallest absolute Gasteiger partial charge is 0.103 e. The Labute approximate surface area is 105 Å². The molecular formula is C14H27N3. The molecule has 0 bridgehead atoms. The summed E-state index contributed by atoms with van der Waals surface area (Å²) in [7, 11) is 0. The summed E-state index contributed by atoms with van der Waals surface area (Å²) in [5.74, 6) is 1.02. The van der Waals surface area contributed by atoms with Crippen LogP contribution in [0.2, 0.25) is 0 Å². The predicted molar refractivity (Wildman–Crippen MR) is 73.3 cm³/mol. The van der Waals surface area contributed by atoms with Crippen molar-refractivity contribution in [3.8, 4) is 0 Å². The third kappa shape index (κ3) is 7.16. The van der Waals surface area contributed by atoms with Gasteiger partial charge in [-0.25, -0.2) is 4.98 Å². The zero-order valence-electron chi connectivity index (χ0n) is 11.4. The molecule has 0 aliphatic heterocycles. The fraction of sp³-hybridized carbons (Fsp3) is 0.786. The summed E-state index contributed by atoms with van der Waals surface area (Å²) >= 11 is 0. The quantitative estimate of drug-likeness (QED) is 0.613. The van der Waals surface area contributed by atoms with Gasteiger partial charge in [0.25, 0.3) is 0 Å². The molecule has 0 aliphatic rings. The molecule has 0 spiro atoms. The fourth-order valence-electron chi connectivity index (χ4n) is 1.98. The maximum absolute atomic E-state index is 4.20. The number of hydrogen-bond donors (Lipinski definition) is 2. The van der Waals surface area contributed by atoms with Crippen LogP contribution in [0.15, 0.2) is 6.20 Å². The molecule has 0 saturated heterocycles. The number of nitrogens with zero attached hydrogens (tertiary/aromatic N) is 1. The summed E-state index contributed by atoms with van der Waals surface area (Å²) in [6.45, 7) is 6.55. The summed E-state index contributed by atoms with van der Waals surface area (Å²) in [5.41, 5.74) is 1.26. The minimum atomic E-state index is 1.02. The SMILES string of the molecule is CCCCCCCNCCCc1cnc(C)[nH]1. The van der Waals surface area contributed by atoms with E-state index in [2.05, 4.69) is 22.2 Å². The van der Waals surface area contributed by atoms with Gasteiger partial charge in [-0.3, -0.25) is 0 Å². The molecule has 2 N–H and O–H groups in total. The van der Waals surface area contributed by atoms with Gasteiger partial charge in [0.2, 0.25) is 0 Å². The van der Waals surface area contributed by atoms with Crippen molar-refractivity contribution in [3.63, 3.8) is 0 Å². The lowest BCUT2D eigenvalue weighted by molar-refractivity contribution is 0.573. The first-order valence-corrected chi connectivity index (χ1v) is 7.04. The number of aromatic nitrogens is 2. The minimum Gasteiger partial charge on any atom is -0.346 e. The van der Waals surface area contributed by atoms with Crippen LogP contribution >= 0.6 is 0 Å². The number of aryl methyl sites for hydroxylation is 2. The van der Waals surface area contributed by atoms with Gasteiger partial charge in [-0.05, 0) is 39.3 Å². The maximum Gasteiger partial charge on any atom is 0.103 e. The van der Waals surface area contributed by atoms with Crippen LogP contribution in [0.5, 0.6) is 0 Å². The van der Waals surface area contributed by atoms with Gasteiger partial charge in [0.1, 0.15) is 5.82 Å². The Hall–Kier alpha value is -0.830. The lowest BCUT2D eigenvalue weighted by Gasteiger charge is -2.03. The highest BCUT2D eigenvalue weighted by Crippen LogP contribution is 2.01. The Balaban J connectivity index is 1.84. The molecule has 0 atom stereocenters. The lowest BCUT2D eigenvalue weighted by Crippen LogP contribution is -2.17. The highest BCUT2D eigenvalue weighted by molar-refractivity contribution is 4.99. The molecule has 1 heterocycles. The van der Waals surface area contributed by atoms with Crippen LogP contribution in [0.3, 0.4) is 0 Å². The van der Waals surface area contributed by atoms with Crippen molar-refractivity contribution in [1.29, 1.82) is 0 Å². The fourth-order valence-corrected chi connectivity index (χ4v) is 1.98. The second-order valence-electron chi connectivity index (χ2n) is 4.76. The van der Waals surface area contributed by atoms with E-state index in [1.165, 1.54) is 50.8 Å². The lowest BCUT2D eigenvalue weighted by atomic mass is 10.1. The van der Waals surface area contributed by atoms with E-state index in [-0.39, 0.29) is 0 Å². The van der Waals surface area contributed by atoms with Crippen LogP contribution < -0.4 is 5.32 Å². The number of nitrogens with one attached hydrogen (secondary N) is 2. The molecule has 3 heteroatoms.